The molecule has 1 heterocycles. The van der Waals surface area contributed by atoms with Crippen molar-refractivity contribution >= 4 is 29.9 Å². The van der Waals surface area contributed by atoms with Crippen LogP contribution in [0.5, 0.6) is 0 Å². The number of rotatable bonds is 5. The summed E-state index contributed by atoms with van der Waals surface area (Å²) in [4.78, 5) is 14.7. The lowest BCUT2D eigenvalue weighted by atomic mass is 10.4. The summed E-state index contributed by atoms with van der Waals surface area (Å²) < 4.78 is -0.798. The molecule has 1 aliphatic heterocycles. The van der Waals surface area contributed by atoms with Crippen LogP contribution in [0.25, 0.3) is 0 Å². The van der Waals surface area contributed by atoms with Crippen LogP contribution in [0.2, 0.25) is 0 Å². The summed E-state index contributed by atoms with van der Waals surface area (Å²) in [6.45, 7) is 0.796. The zero-order chi connectivity index (χ0) is 12.9. The first-order valence-corrected chi connectivity index (χ1v) is 7.34. The summed E-state index contributed by atoms with van der Waals surface area (Å²) in [6.07, 6.45) is 0.728. The van der Waals surface area contributed by atoms with E-state index in [1.807, 2.05) is 14.1 Å². The van der Waals surface area contributed by atoms with Crippen molar-refractivity contribution in [1.29, 1.82) is 5.26 Å². The van der Waals surface area contributed by atoms with Crippen molar-refractivity contribution < 1.29 is 4.79 Å². The number of thioether (sulfide) groups is 2. The molecular weight excluding hydrogens is 256 g/mol. The van der Waals surface area contributed by atoms with Crippen LogP contribution in [0.1, 0.15) is 0 Å². The fraction of sp³-hybridized carbons (Fsp3) is 0.800. The summed E-state index contributed by atoms with van der Waals surface area (Å²) in [5.74, 6) is 1.70. The van der Waals surface area contributed by atoms with Crippen LogP contribution in [0.3, 0.4) is 0 Å². The zero-order valence-electron chi connectivity index (χ0n) is 10.1. The van der Waals surface area contributed by atoms with Crippen LogP contribution in [-0.4, -0.2) is 65.1 Å². The SMILES string of the molecule is CN(C)C1CSC(C#N)(N(C=O)CCN)SC1. The van der Waals surface area contributed by atoms with Crippen molar-refractivity contribution in [1.82, 2.24) is 9.80 Å². The quantitative estimate of drug-likeness (QED) is 0.711. The molecule has 1 rings (SSSR count). The Balaban J connectivity index is 2.73. The number of carbonyl (C=O) groups excluding carboxylic acids is 1. The molecule has 7 heteroatoms. The Kier molecular flexibility index (Phi) is 5.59. The highest BCUT2D eigenvalue weighted by Gasteiger charge is 2.42. The molecule has 0 radical (unpaired) electrons. The maximum absolute atomic E-state index is 11.1. The van der Waals surface area contributed by atoms with Gasteiger partial charge in [0.15, 0.2) is 0 Å². The minimum absolute atomic E-state index is 0.375. The maximum Gasteiger partial charge on any atom is 0.224 e. The number of nitrogens with zero attached hydrogens (tertiary/aromatic N) is 3. The fourth-order valence-electron chi connectivity index (χ4n) is 1.51. The highest BCUT2D eigenvalue weighted by Crippen LogP contribution is 2.44. The van der Waals surface area contributed by atoms with Gasteiger partial charge in [-0.05, 0) is 14.1 Å². The Hall–Kier alpha value is -0.420. The van der Waals surface area contributed by atoms with Gasteiger partial charge in [0.05, 0.1) is 0 Å². The molecule has 2 N–H and O–H groups in total. The minimum Gasteiger partial charge on any atom is -0.329 e. The average Bonchev–Trinajstić information content (AvgIpc) is 2.36. The van der Waals surface area contributed by atoms with Crippen molar-refractivity contribution in [2.75, 3.05) is 38.7 Å². The van der Waals surface area contributed by atoms with Gasteiger partial charge in [-0.3, -0.25) is 4.79 Å². The summed E-state index contributed by atoms with van der Waals surface area (Å²) in [5, 5.41) is 9.35. The first-order chi connectivity index (χ1) is 8.09. The molecule has 1 saturated heterocycles. The van der Waals surface area contributed by atoms with Gasteiger partial charge < -0.3 is 15.5 Å². The second-order valence-electron chi connectivity index (χ2n) is 4.02. The largest absolute Gasteiger partial charge is 0.329 e. The first kappa shape index (κ1) is 14.6. The van der Waals surface area contributed by atoms with E-state index in [1.165, 1.54) is 28.4 Å². The molecule has 0 aromatic rings. The predicted molar refractivity (Wildman–Crippen MR) is 72.6 cm³/mol. The van der Waals surface area contributed by atoms with Crippen LogP contribution in [0.4, 0.5) is 0 Å². The third-order valence-corrected chi connectivity index (χ3v) is 5.93. The van der Waals surface area contributed by atoms with Gasteiger partial charge >= 0.3 is 0 Å². The lowest BCUT2D eigenvalue weighted by Gasteiger charge is -2.41. The number of nitriles is 1. The average molecular weight is 274 g/mol. The molecule has 17 heavy (non-hydrogen) atoms. The van der Waals surface area contributed by atoms with E-state index in [9.17, 15) is 10.1 Å². The minimum atomic E-state index is -0.798. The second kappa shape index (κ2) is 6.50. The third kappa shape index (κ3) is 3.28. The summed E-state index contributed by atoms with van der Waals surface area (Å²) in [7, 11) is 4.06. The topological polar surface area (TPSA) is 73.4 Å². The summed E-state index contributed by atoms with van der Waals surface area (Å²) >= 11 is 3.04. The number of carbonyl (C=O) groups is 1. The maximum atomic E-state index is 11.1. The molecule has 0 atom stereocenters. The smallest absolute Gasteiger partial charge is 0.224 e. The lowest BCUT2D eigenvalue weighted by molar-refractivity contribution is -0.118. The number of hydrogen-bond acceptors (Lipinski definition) is 6. The van der Waals surface area contributed by atoms with Gasteiger partial charge in [-0.2, -0.15) is 5.26 Å². The van der Waals surface area contributed by atoms with Gasteiger partial charge in [-0.25, -0.2) is 0 Å². The molecule has 96 valence electrons. The van der Waals surface area contributed by atoms with Crippen LogP contribution in [-0.2, 0) is 4.79 Å². The summed E-state index contributed by atoms with van der Waals surface area (Å²) in [6, 6.07) is 2.70. The van der Waals surface area contributed by atoms with E-state index in [2.05, 4.69) is 11.0 Å². The zero-order valence-corrected chi connectivity index (χ0v) is 11.8. The van der Waals surface area contributed by atoms with Crippen LogP contribution in [0.15, 0.2) is 0 Å². The van der Waals surface area contributed by atoms with Gasteiger partial charge in [0.1, 0.15) is 6.07 Å². The van der Waals surface area contributed by atoms with Crippen molar-refractivity contribution in [2.45, 2.75) is 10.2 Å². The molecule has 1 aliphatic rings. The molecule has 0 saturated carbocycles. The lowest BCUT2D eigenvalue weighted by Crippen LogP contribution is -2.49. The highest BCUT2D eigenvalue weighted by atomic mass is 32.2. The van der Waals surface area contributed by atoms with Crippen molar-refractivity contribution in [3.8, 4) is 6.07 Å². The second-order valence-corrected chi connectivity index (χ2v) is 6.70. The van der Waals surface area contributed by atoms with Crippen molar-refractivity contribution in [3.05, 3.63) is 0 Å². The molecular formula is C10H18N4OS2. The van der Waals surface area contributed by atoms with E-state index in [0.29, 0.717) is 19.1 Å². The summed E-state index contributed by atoms with van der Waals surface area (Å²) in [5.41, 5.74) is 5.46. The molecule has 0 aromatic heterocycles. The van der Waals surface area contributed by atoms with Gasteiger partial charge in [0.2, 0.25) is 10.6 Å². The molecule has 0 spiro atoms. The molecule has 1 amide bonds. The Morgan fingerprint density at radius 3 is 2.47 bits per heavy atom. The van der Waals surface area contributed by atoms with Gasteiger partial charge in [0.25, 0.3) is 0 Å². The molecule has 5 nitrogen and oxygen atoms in total. The molecule has 0 unspecified atom stereocenters. The number of amides is 1. The van der Waals surface area contributed by atoms with Crippen LogP contribution >= 0.6 is 23.5 Å². The Morgan fingerprint density at radius 1 is 1.53 bits per heavy atom. The third-order valence-electron chi connectivity index (χ3n) is 2.69. The number of nitrogens with two attached hydrogens (primary N) is 1. The van der Waals surface area contributed by atoms with E-state index in [-0.39, 0.29) is 0 Å². The Bertz CT molecular complexity index is 297. The Labute approximate surface area is 111 Å². The fourth-order valence-corrected chi connectivity index (χ4v) is 4.80. The van der Waals surface area contributed by atoms with E-state index in [4.69, 9.17) is 5.73 Å². The van der Waals surface area contributed by atoms with Gasteiger partial charge in [0, 0.05) is 30.6 Å². The molecule has 0 aromatic carbocycles. The molecule has 0 aliphatic carbocycles. The van der Waals surface area contributed by atoms with Gasteiger partial charge in [-0.15, -0.1) is 23.5 Å². The van der Waals surface area contributed by atoms with E-state index >= 15 is 0 Å². The monoisotopic (exact) mass is 274 g/mol. The number of hydrogen-bond donors (Lipinski definition) is 1. The normalized spacial score (nSPS) is 28.8. The highest BCUT2D eigenvalue weighted by molar-refractivity contribution is 8.19. The molecule has 1 fully saturated rings. The standard InChI is InChI=1S/C10H18N4OS2/c1-13(2)9-5-16-10(7-12,17-6-9)14(8-15)4-3-11/h8-9H,3-6,11H2,1-2H3. The van der Waals surface area contributed by atoms with Crippen LogP contribution < -0.4 is 5.73 Å². The van der Waals surface area contributed by atoms with Crippen molar-refractivity contribution in [3.63, 3.8) is 0 Å². The van der Waals surface area contributed by atoms with E-state index in [1.54, 1.807) is 0 Å². The Morgan fingerprint density at radius 2 is 2.12 bits per heavy atom. The van der Waals surface area contributed by atoms with Gasteiger partial charge in [-0.1, -0.05) is 0 Å². The van der Waals surface area contributed by atoms with E-state index in [0.717, 1.165) is 17.9 Å². The van der Waals surface area contributed by atoms with E-state index < -0.39 is 4.20 Å². The first-order valence-electron chi connectivity index (χ1n) is 5.37. The molecule has 0 bridgehead atoms. The van der Waals surface area contributed by atoms with Crippen molar-refractivity contribution in [2.24, 2.45) is 5.73 Å². The van der Waals surface area contributed by atoms with Crippen LogP contribution in [0, 0.1) is 11.3 Å². The predicted octanol–water partition coefficient (Wildman–Crippen LogP) is -0.00892.